The summed E-state index contributed by atoms with van der Waals surface area (Å²) in [5, 5.41) is 9.56. The molecular formula is C14H22N4O3. The Balaban J connectivity index is 2.08. The van der Waals surface area contributed by atoms with Crippen LogP contribution in [0.15, 0.2) is 0 Å². The highest BCUT2D eigenvalue weighted by Crippen LogP contribution is 2.19. The highest BCUT2D eigenvalue weighted by molar-refractivity contribution is 5.86. The van der Waals surface area contributed by atoms with Gasteiger partial charge in [-0.15, -0.1) is 0 Å². The number of aromatic nitrogens is 2. The van der Waals surface area contributed by atoms with E-state index in [-0.39, 0.29) is 24.8 Å². The van der Waals surface area contributed by atoms with E-state index in [0.717, 1.165) is 17.0 Å². The van der Waals surface area contributed by atoms with E-state index in [1.54, 1.807) is 18.9 Å². The van der Waals surface area contributed by atoms with Crippen LogP contribution >= 0.6 is 0 Å². The molecule has 116 valence electrons. The van der Waals surface area contributed by atoms with Crippen LogP contribution in [0.4, 0.5) is 0 Å². The molecule has 0 saturated carbocycles. The SMILES string of the molecule is CNC(=O)C1(C)CN(C(=O)Cc2c(C)n[nH]c2C)CCO1. The second-order valence-electron chi connectivity index (χ2n) is 5.56. The smallest absolute Gasteiger partial charge is 0.253 e. The van der Waals surface area contributed by atoms with Crippen molar-refractivity contribution in [2.75, 3.05) is 26.7 Å². The fourth-order valence-corrected chi connectivity index (χ4v) is 2.58. The lowest BCUT2D eigenvalue weighted by Crippen LogP contribution is -2.59. The summed E-state index contributed by atoms with van der Waals surface area (Å²) in [6.07, 6.45) is 0.290. The van der Waals surface area contributed by atoms with E-state index in [1.807, 2.05) is 13.8 Å². The van der Waals surface area contributed by atoms with Gasteiger partial charge in [0.15, 0.2) is 5.60 Å². The highest BCUT2D eigenvalue weighted by atomic mass is 16.5. The molecule has 0 aromatic carbocycles. The van der Waals surface area contributed by atoms with E-state index in [4.69, 9.17) is 4.74 Å². The van der Waals surface area contributed by atoms with Crippen molar-refractivity contribution in [3.8, 4) is 0 Å². The molecule has 1 aromatic heterocycles. The zero-order valence-corrected chi connectivity index (χ0v) is 12.9. The van der Waals surface area contributed by atoms with Crippen LogP contribution in [0.1, 0.15) is 23.9 Å². The fraction of sp³-hybridized carbons (Fsp3) is 0.643. The molecule has 1 unspecified atom stereocenters. The molecule has 0 spiro atoms. The lowest BCUT2D eigenvalue weighted by atomic mass is 10.0. The number of hydrogen-bond acceptors (Lipinski definition) is 4. The molecule has 1 saturated heterocycles. The Morgan fingerprint density at radius 1 is 1.48 bits per heavy atom. The van der Waals surface area contributed by atoms with E-state index < -0.39 is 5.60 Å². The normalized spacial score (nSPS) is 22.2. The molecule has 1 atom stereocenters. The zero-order valence-electron chi connectivity index (χ0n) is 12.9. The zero-order chi connectivity index (χ0) is 15.6. The van der Waals surface area contributed by atoms with Gasteiger partial charge >= 0.3 is 0 Å². The molecule has 0 bridgehead atoms. The van der Waals surface area contributed by atoms with Crippen LogP contribution in [0.25, 0.3) is 0 Å². The number of nitrogens with zero attached hydrogens (tertiary/aromatic N) is 2. The number of H-pyrrole nitrogens is 1. The van der Waals surface area contributed by atoms with E-state index in [2.05, 4.69) is 15.5 Å². The van der Waals surface area contributed by atoms with Crippen molar-refractivity contribution in [3.63, 3.8) is 0 Å². The van der Waals surface area contributed by atoms with E-state index in [1.165, 1.54) is 0 Å². The average Bonchev–Trinajstić information content (AvgIpc) is 2.78. The van der Waals surface area contributed by atoms with Crippen LogP contribution < -0.4 is 5.32 Å². The molecule has 0 radical (unpaired) electrons. The standard InChI is InChI=1S/C14H22N4O3/c1-9-11(10(2)17-16-9)7-12(19)18-5-6-21-14(3,8-18)13(20)15-4/h5-8H2,1-4H3,(H,15,20)(H,16,17). The maximum atomic E-state index is 12.5. The Labute approximate surface area is 124 Å². The van der Waals surface area contributed by atoms with Crippen molar-refractivity contribution >= 4 is 11.8 Å². The summed E-state index contributed by atoms with van der Waals surface area (Å²) in [7, 11) is 1.57. The lowest BCUT2D eigenvalue weighted by molar-refractivity contribution is -0.162. The van der Waals surface area contributed by atoms with Crippen molar-refractivity contribution in [1.82, 2.24) is 20.4 Å². The minimum atomic E-state index is -0.983. The van der Waals surface area contributed by atoms with Crippen LogP contribution in [0, 0.1) is 13.8 Å². The van der Waals surface area contributed by atoms with Gasteiger partial charge in [-0.1, -0.05) is 0 Å². The third-order valence-corrected chi connectivity index (χ3v) is 3.94. The number of morpholine rings is 1. The second-order valence-corrected chi connectivity index (χ2v) is 5.56. The van der Waals surface area contributed by atoms with Crippen molar-refractivity contribution in [2.24, 2.45) is 0 Å². The van der Waals surface area contributed by atoms with Crippen LogP contribution in [-0.2, 0) is 20.7 Å². The Morgan fingerprint density at radius 3 is 2.76 bits per heavy atom. The third-order valence-electron chi connectivity index (χ3n) is 3.94. The predicted molar refractivity (Wildman–Crippen MR) is 76.8 cm³/mol. The largest absolute Gasteiger partial charge is 0.362 e. The summed E-state index contributed by atoms with van der Waals surface area (Å²) >= 11 is 0. The van der Waals surface area contributed by atoms with Crippen LogP contribution in [-0.4, -0.2) is 59.3 Å². The summed E-state index contributed by atoms with van der Waals surface area (Å²) in [6.45, 7) is 6.61. The van der Waals surface area contributed by atoms with Gasteiger partial charge in [0.2, 0.25) is 5.91 Å². The van der Waals surface area contributed by atoms with E-state index in [9.17, 15) is 9.59 Å². The maximum Gasteiger partial charge on any atom is 0.253 e. The minimum absolute atomic E-state index is 0.0129. The molecule has 1 aliphatic rings. The van der Waals surface area contributed by atoms with Gasteiger partial charge in [-0.25, -0.2) is 0 Å². The molecule has 7 nitrogen and oxygen atoms in total. The molecule has 1 aliphatic heterocycles. The Kier molecular flexibility index (Phi) is 4.32. The first-order valence-electron chi connectivity index (χ1n) is 7.01. The van der Waals surface area contributed by atoms with Gasteiger partial charge in [-0.2, -0.15) is 5.10 Å². The molecular weight excluding hydrogens is 272 g/mol. The lowest BCUT2D eigenvalue weighted by Gasteiger charge is -2.39. The van der Waals surface area contributed by atoms with Gasteiger partial charge in [-0.05, 0) is 20.8 Å². The number of likely N-dealkylation sites (N-methyl/N-ethyl adjacent to an activating group) is 1. The Morgan fingerprint density at radius 2 is 2.19 bits per heavy atom. The number of ether oxygens (including phenoxy) is 1. The monoisotopic (exact) mass is 294 g/mol. The van der Waals surface area contributed by atoms with Gasteiger partial charge < -0.3 is 15.0 Å². The summed E-state index contributed by atoms with van der Waals surface area (Å²) in [5.74, 6) is -0.225. The Bertz CT molecular complexity index is 535. The number of hydrogen-bond donors (Lipinski definition) is 2. The minimum Gasteiger partial charge on any atom is -0.362 e. The number of nitrogens with one attached hydrogen (secondary N) is 2. The summed E-state index contributed by atoms with van der Waals surface area (Å²) in [5.41, 5.74) is 1.68. The molecule has 2 rings (SSSR count). The molecule has 2 amide bonds. The number of rotatable bonds is 3. The van der Waals surface area contributed by atoms with Crippen LogP contribution in [0.5, 0.6) is 0 Å². The molecule has 1 fully saturated rings. The first kappa shape index (κ1) is 15.5. The summed E-state index contributed by atoms with van der Waals surface area (Å²) in [6, 6.07) is 0. The molecule has 2 heterocycles. The van der Waals surface area contributed by atoms with Crippen molar-refractivity contribution < 1.29 is 14.3 Å². The highest BCUT2D eigenvalue weighted by Gasteiger charge is 2.40. The van der Waals surface area contributed by atoms with Gasteiger partial charge in [0, 0.05) is 24.8 Å². The molecule has 7 heteroatoms. The molecule has 21 heavy (non-hydrogen) atoms. The topological polar surface area (TPSA) is 87.3 Å². The van der Waals surface area contributed by atoms with Gasteiger partial charge in [0.25, 0.3) is 5.91 Å². The number of aromatic amines is 1. The number of carbonyl (C=O) groups is 2. The van der Waals surface area contributed by atoms with E-state index >= 15 is 0 Å². The second kappa shape index (κ2) is 5.85. The summed E-state index contributed by atoms with van der Waals surface area (Å²) < 4.78 is 5.56. The van der Waals surface area contributed by atoms with Crippen molar-refractivity contribution in [2.45, 2.75) is 32.8 Å². The van der Waals surface area contributed by atoms with E-state index in [0.29, 0.717) is 13.2 Å². The van der Waals surface area contributed by atoms with Crippen molar-refractivity contribution in [3.05, 3.63) is 17.0 Å². The molecule has 2 N–H and O–H groups in total. The maximum absolute atomic E-state index is 12.5. The van der Waals surface area contributed by atoms with Gasteiger partial charge in [0.05, 0.1) is 25.3 Å². The number of carbonyl (C=O) groups excluding carboxylic acids is 2. The molecule has 0 aliphatic carbocycles. The quantitative estimate of drug-likeness (QED) is 0.817. The van der Waals surface area contributed by atoms with Crippen LogP contribution in [0.3, 0.4) is 0 Å². The third kappa shape index (κ3) is 3.07. The molecule has 1 aromatic rings. The number of amides is 2. The first-order valence-corrected chi connectivity index (χ1v) is 7.01. The van der Waals surface area contributed by atoms with Gasteiger partial charge in [0.1, 0.15) is 0 Å². The average molecular weight is 294 g/mol. The van der Waals surface area contributed by atoms with Crippen LogP contribution in [0.2, 0.25) is 0 Å². The summed E-state index contributed by atoms with van der Waals surface area (Å²) in [4.78, 5) is 26.0. The van der Waals surface area contributed by atoms with Crippen molar-refractivity contribution in [1.29, 1.82) is 0 Å². The predicted octanol–water partition coefficient (Wildman–Crippen LogP) is -0.0675. The van der Waals surface area contributed by atoms with Gasteiger partial charge in [-0.3, -0.25) is 14.7 Å². The fourth-order valence-electron chi connectivity index (χ4n) is 2.58. The Hall–Kier alpha value is -1.89. The first-order chi connectivity index (χ1) is 9.87. The number of aryl methyl sites for hydroxylation is 2.